The summed E-state index contributed by atoms with van der Waals surface area (Å²) in [6, 6.07) is 10.5. The first kappa shape index (κ1) is 14.1. The maximum absolute atomic E-state index is 13.2. The molecule has 0 radical (unpaired) electrons. The van der Waals surface area contributed by atoms with Crippen molar-refractivity contribution in [3.8, 4) is 0 Å². The van der Waals surface area contributed by atoms with E-state index in [4.69, 9.17) is 23.2 Å². The molecule has 0 amide bonds. The lowest BCUT2D eigenvalue weighted by atomic mass is 10.0. The quantitative estimate of drug-likeness (QED) is 0.451. The molecule has 2 aromatic carbocycles. The van der Waals surface area contributed by atoms with Crippen LogP contribution < -0.4 is 0 Å². The maximum atomic E-state index is 13.2. The van der Waals surface area contributed by atoms with Crippen molar-refractivity contribution in [1.82, 2.24) is 0 Å². The molecule has 0 aromatic heterocycles. The van der Waals surface area contributed by atoms with E-state index in [1.54, 1.807) is 19.1 Å². The SMILES string of the molecule is Cc1cc(C(Cl)c2cc(Cl)ccc2I)ccc1F. The van der Waals surface area contributed by atoms with Gasteiger partial charge in [0.15, 0.2) is 0 Å². The Morgan fingerprint density at radius 1 is 1.17 bits per heavy atom. The van der Waals surface area contributed by atoms with Crippen LogP contribution >= 0.6 is 45.8 Å². The maximum Gasteiger partial charge on any atom is 0.126 e. The zero-order valence-electron chi connectivity index (χ0n) is 9.55. The minimum atomic E-state index is -0.324. The van der Waals surface area contributed by atoms with Crippen molar-refractivity contribution in [2.75, 3.05) is 0 Å². The van der Waals surface area contributed by atoms with Crippen LogP contribution in [-0.4, -0.2) is 0 Å². The number of halogens is 4. The molecule has 0 heterocycles. The third kappa shape index (κ3) is 2.98. The summed E-state index contributed by atoms with van der Waals surface area (Å²) in [6.45, 7) is 1.73. The second kappa shape index (κ2) is 5.76. The van der Waals surface area contributed by atoms with E-state index in [0.717, 1.165) is 14.7 Å². The Kier molecular flexibility index (Phi) is 4.51. The van der Waals surface area contributed by atoms with Gasteiger partial charge < -0.3 is 0 Å². The van der Waals surface area contributed by atoms with Crippen molar-refractivity contribution in [3.63, 3.8) is 0 Å². The van der Waals surface area contributed by atoms with Gasteiger partial charge in [-0.3, -0.25) is 0 Å². The average molecular weight is 395 g/mol. The molecule has 0 saturated heterocycles. The van der Waals surface area contributed by atoms with Crippen molar-refractivity contribution in [2.24, 2.45) is 0 Å². The highest BCUT2D eigenvalue weighted by molar-refractivity contribution is 14.1. The van der Waals surface area contributed by atoms with Gasteiger partial charge >= 0.3 is 0 Å². The fourth-order valence-electron chi connectivity index (χ4n) is 1.71. The molecule has 18 heavy (non-hydrogen) atoms. The van der Waals surface area contributed by atoms with Crippen LogP contribution in [0.4, 0.5) is 4.39 Å². The highest BCUT2D eigenvalue weighted by Crippen LogP contribution is 2.34. The van der Waals surface area contributed by atoms with Gasteiger partial charge in [0.2, 0.25) is 0 Å². The second-order valence-electron chi connectivity index (χ2n) is 4.04. The Balaban J connectivity index is 2.44. The van der Waals surface area contributed by atoms with E-state index in [0.29, 0.717) is 10.6 Å². The molecule has 0 bridgehead atoms. The van der Waals surface area contributed by atoms with Gasteiger partial charge in [0.05, 0.1) is 5.38 Å². The van der Waals surface area contributed by atoms with Gasteiger partial charge in [-0.1, -0.05) is 23.7 Å². The lowest BCUT2D eigenvalue weighted by Gasteiger charge is -2.13. The Morgan fingerprint density at radius 3 is 2.56 bits per heavy atom. The Bertz CT molecular complexity index is 584. The van der Waals surface area contributed by atoms with Crippen molar-refractivity contribution >= 4 is 45.8 Å². The first-order valence-electron chi connectivity index (χ1n) is 5.34. The molecule has 0 N–H and O–H groups in total. The van der Waals surface area contributed by atoms with Crippen molar-refractivity contribution in [1.29, 1.82) is 0 Å². The summed E-state index contributed by atoms with van der Waals surface area (Å²) in [4.78, 5) is 0. The Hall–Kier alpha value is -0.320. The van der Waals surface area contributed by atoms with Crippen LogP contribution in [0.1, 0.15) is 22.1 Å². The van der Waals surface area contributed by atoms with Gasteiger partial charge in [0.1, 0.15) is 5.82 Å². The van der Waals surface area contributed by atoms with E-state index in [1.807, 2.05) is 18.2 Å². The molecule has 0 aliphatic carbocycles. The number of hydrogen-bond donors (Lipinski definition) is 0. The highest BCUT2D eigenvalue weighted by atomic mass is 127. The average Bonchev–Trinajstić information content (AvgIpc) is 2.35. The number of benzene rings is 2. The molecule has 1 unspecified atom stereocenters. The number of alkyl halides is 1. The smallest absolute Gasteiger partial charge is 0.126 e. The fourth-order valence-corrected chi connectivity index (χ4v) is 3.04. The molecule has 2 aromatic rings. The predicted octanol–water partition coefficient (Wildman–Crippen LogP) is 5.72. The van der Waals surface area contributed by atoms with Gasteiger partial charge in [-0.05, 0) is 70.5 Å². The minimum Gasteiger partial charge on any atom is -0.207 e. The normalized spacial score (nSPS) is 12.5. The largest absolute Gasteiger partial charge is 0.207 e. The van der Waals surface area contributed by atoms with Crippen LogP contribution in [0, 0.1) is 16.3 Å². The van der Waals surface area contributed by atoms with Gasteiger partial charge in [-0.25, -0.2) is 4.39 Å². The zero-order valence-corrected chi connectivity index (χ0v) is 13.2. The number of hydrogen-bond acceptors (Lipinski definition) is 0. The summed E-state index contributed by atoms with van der Waals surface area (Å²) in [5, 5.41) is 0.324. The van der Waals surface area contributed by atoms with Crippen LogP contribution in [0.2, 0.25) is 5.02 Å². The molecule has 1 atom stereocenters. The van der Waals surface area contributed by atoms with Crippen LogP contribution in [-0.2, 0) is 0 Å². The van der Waals surface area contributed by atoms with Gasteiger partial charge in [0, 0.05) is 8.59 Å². The summed E-state index contributed by atoms with van der Waals surface area (Å²) < 4.78 is 14.3. The fraction of sp³-hybridized carbons (Fsp3) is 0.143. The lowest BCUT2D eigenvalue weighted by molar-refractivity contribution is 0.617. The molecule has 94 valence electrons. The second-order valence-corrected chi connectivity index (χ2v) is 6.07. The van der Waals surface area contributed by atoms with E-state index in [9.17, 15) is 4.39 Å². The van der Waals surface area contributed by atoms with E-state index in [-0.39, 0.29) is 11.2 Å². The standard InChI is InChI=1S/C14H10Cl2FI/c1-8-6-9(2-4-12(8)17)14(16)11-7-10(15)3-5-13(11)18/h2-7,14H,1H3. The summed E-state index contributed by atoms with van der Waals surface area (Å²) in [7, 11) is 0. The van der Waals surface area contributed by atoms with E-state index in [1.165, 1.54) is 6.07 Å². The number of aryl methyl sites for hydroxylation is 1. The monoisotopic (exact) mass is 394 g/mol. The van der Waals surface area contributed by atoms with Crippen LogP contribution in [0.25, 0.3) is 0 Å². The first-order chi connectivity index (χ1) is 8.49. The molecule has 4 heteroatoms. The molecule has 0 fully saturated rings. The molecule has 0 nitrogen and oxygen atoms in total. The molecule has 0 spiro atoms. The van der Waals surface area contributed by atoms with E-state index < -0.39 is 0 Å². The van der Waals surface area contributed by atoms with Gasteiger partial charge in [0.25, 0.3) is 0 Å². The van der Waals surface area contributed by atoms with Crippen molar-refractivity contribution in [2.45, 2.75) is 12.3 Å². The summed E-state index contributed by atoms with van der Waals surface area (Å²) in [5.41, 5.74) is 2.40. The van der Waals surface area contributed by atoms with Gasteiger partial charge in [-0.15, -0.1) is 11.6 Å². The summed E-state index contributed by atoms with van der Waals surface area (Å²) >= 11 is 14.6. The zero-order chi connectivity index (χ0) is 13.3. The predicted molar refractivity (Wildman–Crippen MR) is 83.0 cm³/mol. The molecular formula is C14H10Cl2FI. The lowest BCUT2D eigenvalue weighted by Crippen LogP contribution is -1.97. The Morgan fingerprint density at radius 2 is 1.89 bits per heavy atom. The molecule has 0 saturated carbocycles. The first-order valence-corrected chi connectivity index (χ1v) is 7.23. The third-order valence-electron chi connectivity index (χ3n) is 2.71. The van der Waals surface area contributed by atoms with E-state index in [2.05, 4.69) is 22.6 Å². The molecular weight excluding hydrogens is 385 g/mol. The third-order valence-corrected chi connectivity index (χ3v) is 4.41. The van der Waals surface area contributed by atoms with Crippen LogP contribution in [0.3, 0.4) is 0 Å². The topological polar surface area (TPSA) is 0 Å². The van der Waals surface area contributed by atoms with Gasteiger partial charge in [-0.2, -0.15) is 0 Å². The minimum absolute atomic E-state index is 0.219. The van der Waals surface area contributed by atoms with Crippen LogP contribution in [0.15, 0.2) is 36.4 Å². The van der Waals surface area contributed by atoms with E-state index >= 15 is 0 Å². The molecule has 0 aliphatic heterocycles. The van der Waals surface area contributed by atoms with Crippen molar-refractivity contribution in [3.05, 3.63) is 67.5 Å². The van der Waals surface area contributed by atoms with Crippen molar-refractivity contribution < 1.29 is 4.39 Å². The Labute approximate surface area is 129 Å². The van der Waals surface area contributed by atoms with Crippen LogP contribution in [0.5, 0.6) is 0 Å². The summed E-state index contributed by atoms with van der Waals surface area (Å²) in [6.07, 6.45) is 0. The molecule has 2 rings (SSSR count). The number of rotatable bonds is 2. The summed E-state index contributed by atoms with van der Waals surface area (Å²) in [5.74, 6) is -0.219. The molecule has 0 aliphatic rings. The highest BCUT2D eigenvalue weighted by Gasteiger charge is 2.15.